The van der Waals surface area contributed by atoms with Gasteiger partial charge < -0.3 is 14.9 Å². The molecule has 1 aromatic carbocycles. The van der Waals surface area contributed by atoms with Crippen LogP contribution in [0.2, 0.25) is 0 Å². The standard InChI is InChI=1S/C22H15F6N5O4/c1-36-15-4-3-14(12-6-8-32(37-2)20(35)17(12)15)33-18(22(26,27)28)13(10-30-33)19(34)31-11-5-7-29-16(9-11)21(23,24)25/h3-10H,1-2H3,(H,29,31,34). The molecule has 37 heavy (non-hydrogen) atoms. The predicted octanol–water partition coefficient (Wildman–Crippen LogP) is 3.94. The number of nitrogens with one attached hydrogen (secondary N) is 1. The summed E-state index contributed by atoms with van der Waals surface area (Å²) in [7, 11) is 2.48. The molecule has 1 N–H and O–H groups in total. The topological polar surface area (TPSA) is 100 Å². The SMILES string of the molecule is COc1ccc(-n2ncc(C(=O)Nc3ccnc(C(F)(F)F)c3)c2C(F)(F)F)c2ccn(OC)c(=O)c12. The third kappa shape index (κ3) is 4.66. The van der Waals surface area contributed by atoms with Gasteiger partial charge in [-0.25, -0.2) is 4.68 Å². The molecule has 0 radical (unpaired) electrons. The molecular weight excluding hydrogens is 512 g/mol. The van der Waals surface area contributed by atoms with Gasteiger partial charge in [-0.3, -0.25) is 14.6 Å². The van der Waals surface area contributed by atoms with Crippen molar-refractivity contribution in [3.63, 3.8) is 0 Å². The van der Waals surface area contributed by atoms with Crippen molar-refractivity contribution in [2.24, 2.45) is 0 Å². The molecule has 9 nitrogen and oxygen atoms in total. The Morgan fingerprint density at radius 3 is 2.38 bits per heavy atom. The van der Waals surface area contributed by atoms with Crippen LogP contribution in [0.4, 0.5) is 32.0 Å². The molecule has 0 bridgehead atoms. The van der Waals surface area contributed by atoms with Gasteiger partial charge in [0.05, 0.1) is 29.9 Å². The molecule has 0 saturated carbocycles. The zero-order valence-corrected chi connectivity index (χ0v) is 18.8. The largest absolute Gasteiger partial charge is 0.496 e. The molecule has 0 aliphatic carbocycles. The molecule has 0 spiro atoms. The molecule has 1 amide bonds. The highest BCUT2D eigenvalue weighted by molar-refractivity contribution is 6.05. The van der Waals surface area contributed by atoms with E-state index < -0.39 is 46.5 Å². The quantitative estimate of drug-likeness (QED) is 0.395. The summed E-state index contributed by atoms with van der Waals surface area (Å²) >= 11 is 0. The van der Waals surface area contributed by atoms with E-state index >= 15 is 0 Å². The van der Waals surface area contributed by atoms with Crippen molar-refractivity contribution < 1.29 is 40.7 Å². The highest BCUT2D eigenvalue weighted by Crippen LogP contribution is 2.37. The van der Waals surface area contributed by atoms with Crippen LogP contribution >= 0.6 is 0 Å². The molecule has 4 aromatic rings. The van der Waals surface area contributed by atoms with Crippen molar-refractivity contribution in [2.75, 3.05) is 19.5 Å². The third-order valence-electron chi connectivity index (χ3n) is 5.21. The minimum absolute atomic E-state index is 0.00200. The number of fused-ring (bicyclic) bond motifs is 1. The van der Waals surface area contributed by atoms with Crippen molar-refractivity contribution in [1.29, 1.82) is 0 Å². The number of amides is 1. The summed E-state index contributed by atoms with van der Waals surface area (Å²) in [4.78, 5) is 33.6. The van der Waals surface area contributed by atoms with E-state index in [0.29, 0.717) is 16.9 Å². The maximum atomic E-state index is 14.2. The molecule has 0 aliphatic rings. The Balaban J connectivity index is 1.86. The first-order valence-corrected chi connectivity index (χ1v) is 10.1. The normalized spacial score (nSPS) is 12.0. The van der Waals surface area contributed by atoms with Crippen molar-refractivity contribution in [3.05, 3.63) is 76.2 Å². The van der Waals surface area contributed by atoms with Crippen LogP contribution < -0.4 is 20.5 Å². The van der Waals surface area contributed by atoms with E-state index in [9.17, 15) is 35.9 Å². The number of alkyl halides is 6. The highest BCUT2D eigenvalue weighted by Gasteiger charge is 2.41. The van der Waals surface area contributed by atoms with Crippen molar-refractivity contribution >= 4 is 22.4 Å². The zero-order chi connectivity index (χ0) is 27.1. The summed E-state index contributed by atoms with van der Waals surface area (Å²) in [5.74, 6) is -1.32. The lowest BCUT2D eigenvalue weighted by Crippen LogP contribution is -2.25. The Morgan fingerprint density at radius 1 is 1.03 bits per heavy atom. The lowest BCUT2D eigenvalue weighted by atomic mass is 10.1. The molecular formula is C22H15F6N5O4. The zero-order valence-electron chi connectivity index (χ0n) is 18.8. The number of nitrogens with zero attached hydrogens (tertiary/aromatic N) is 4. The molecule has 194 valence electrons. The lowest BCUT2D eigenvalue weighted by molar-refractivity contribution is -0.143. The van der Waals surface area contributed by atoms with Gasteiger partial charge in [0, 0.05) is 23.5 Å². The second-order valence-corrected chi connectivity index (χ2v) is 7.40. The van der Waals surface area contributed by atoms with Gasteiger partial charge in [0.1, 0.15) is 18.6 Å². The summed E-state index contributed by atoms with van der Waals surface area (Å²) in [6.07, 6.45) is -7.41. The van der Waals surface area contributed by atoms with Crippen LogP contribution in [0.5, 0.6) is 5.75 Å². The van der Waals surface area contributed by atoms with E-state index in [4.69, 9.17) is 9.57 Å². The molecule has 15 heteroatoms. The summed E-state index contributed by atoms with van der Waals surface area (Å²) in [5, 5.41) is 5.60. The summed E-state index contributed by atoms with van der Waals surface area (Å²) < 4.78 is 87.7. The summed E-state index contributed by atoms with van der Waals surface area (Å²) in [6, 6.07) is 5.22. The fraction of sp³-hybridized carbons (Fsp3) is 0.182. The predicted molar refractivity (Wildman–Crippen MR) is 117 cm³/mol. The Bertz CT molecular complexity index is 1560. The maximum Gasteiger partial charge on any atom is 0.434 e. The van der Waals surface area contributed by atoms with Crippen LogP contribution in [0.15, 0.2) is 53.7 Å². The number of aromatic nitrogens is 4. The molecule has 3 aromatic heterocycles. The van der Waals surface area contributed by atoms with Crippen LogP contribution in [-0.4, -0.2) is 39.6 Å². The van der Waals surface area contributed by atoms with Crippen molar-refractivity contribution in [2.45, 2.75) is 12.4 Å². The van der Waals surface area contributed by atoms with E-state index in [1.807, 2.05) is 5.32 Å². The molecule has 0 unspecified atom stereocenters. The van der Waals surface area contributed by atoms with E-state index in [0.717, 1.165) is 17.0 Å². The van der Waals surface area contributed by atoms with Gasteiger partial charge in [-0.2, -0.15) is 36.2 Å². The van der Waals surface area contributed by atoms with Crippen molar-refractivity contribution in [1.82, 2.24) is 19.5 Å². The van der Waals surface area contributed by atoms with Crippen LogP contribution in [0.3, 0.4) is 0 Å². The summed E-state index contributed by atoms with van der Waals surface area (Å²) in [6.45, 7) is 0. The van der Waals surface area contributed by atoms with E-state index in [1.165, 1.54) is 38.6 Å². The minimum Gasteiger partial charge on any atom is -0.496 e. The van der Waals surface area contributed by atoms with Gasteiger partial charge in [0.2, 0.25) is 0 Å². The van der Waals surface area contributed by atoms with Crippen molar-refractivity contribution in [3.8, 4) is 11.4 Å². The van der Waals surface area contributed by atoms with Crippen LogP contribution in [0.1, 0.15) is 21.7 Å². The lowest BCUT2D eigenvalue weighted by Gasteiger charge is -2.16. The van der Waals surface area contributed by atoms with E-state index in [2.05, 4.69) is 10.1 Å². The number of rotatable bonds is 5. The molecule has 3 heterocycles. The van der Waals surface area contributed by atoms with Gasteiger partial charge in [0.15, 0.2) is 5.69 Å². The number of hydrogen-bond acceptors (Lipinski definition) is 6. The molecule has 0 saturated heterocycles. The smallest absolute Gasteiger partial charge is 0.434 e. The van der Waals surface area contributed by atoms with Gasteiger partial charge in [0.25, 0.3) is 11.5 Å². The first-order valence-electron chi connectivity index (χ1n) is 10.1. The van der Waals surface area contributed by atoms with Crippen LogP contribution in [0, 0.1) is 0 Å². The Morgan fingerprint density at radius 2 is 1.76 bits per heavy atom. The van der Waals surface area contributed by atoms with Gasteiger partial charge in [-0.15, -0.1) is 0 Å². The molecule has 0 aliphatic heterocycles. The molecule has 0 fully saturated rings. The Hall–Kier alpha value is -4.56. The molecule has 0 atom stereocenters. The summed E-state index contributed by atoms with van der Waals surface area (Å²) in [5.41, 5.74) is -5.20. The van der Waals surface area contributed by atoms with Crippen LogP contribution in [-0.2, 0) is 12.4 Å². The number of carbonyl (C=O) groups is 1. The van der Waals surface area contributed by atoms with E-state index in [1.54, 1.807) is 0 Å². The average molecular weight is 527 g/mol. The number of carbonyl (C=O) groups excluding carboxylic acids is 1. The maximum absolute atomic E-state index is 14.2. The Kier molecular flexibility index (Phi) is 6.31. The number of halogens is 6. The van der Waals surface area contributed by atoms with Gasteiger partial charge in [-0.1, -0.05) is 0 Å². The fourth-order valence-corrected chi connectivity index (χ4v) is 3.63. The highest BCUT2D eigenvalue weighted by atomic mass is 19.4. The van der Waals surface area contributed by atoms with Gasteiger partial charge >= 0.3 is 12.4 Å². The van der Waals surface area contributed by atoms with Crippen LogP contribution in [0.25, 0.3) is 16.5 Å². The monoisotopic (exact) mass is 527 g/mol. The second kappa shape index (κ2) is 9.15. The third-order valence-corrected chi connectivity index (χ3v) is 5.21. The number of anilines is 1. The molecule has 4 rings (SSSR count). The fourth-order valence-electron chi connectivity index (χ4n) is 3.63. The van der Waals surface area contributed by atoms with Gasteiger partial charge in [-0.05, 0) is 30.3 Å². The number of benzene rings is 1. The number of methoxy groups -OCH3 is 1. The van der Waals surface area contributed by atoms with E-state index in [-0.39, 0.29) is 22.2 Å². The number of ether oxygens (including phenoxy) is 1. The average Bonchev–Trinajstić information content (AvgIpc) is 3.29. The number of pyridine rings is 2. The second-order valence-electron chi connectivity index (χ2n) is 7.40. The number of hydrogen-bond donors (Lipinski definition) is 1. The first-order chi connectivity index (χ1) is 17.4. The minimum atomic E-state index is -5.13. The Labute approximate surface area is 202 Å². The first kappa shape index (κ1) is 25.5.